The van der Waals surface area contributed by atoms with Crippen molar-refractivity contribution >= 4 is 6.08 Å². The Balaban J connectivity index is 1.83. The van der Waals surface area contributed by atoms with E-state index in [-0.39, 0.29) is 16.9 Å². The second-order valence-corrected chi connectivity index (χ2v) is 5.94. The Morgan fingerprint density at radius 1 is 0.893 bits per heavy atom. The summed E-state index contributed by atoms with van der Waals surface area (Å²) >= 11 is 0. The zero-order valence-electron chi connectivity index (χ0n) is 15.2. The average molecular weight is 378 g/mol. The van der Waals surface area contributed by atoms with E-state index in [4.69, 9.17) is 4.74 Å². The van der Waals surface area contributed by atoms with Crippen molar-refractivity contribution in [2.45, 2.75) is 6.92 Å². The summed E-state index contributed by atoms with van der Waals surface area (Å²) < 4.78 is 47.0. The zero-order chi connectivity index (χ0) is 20.1. The second-order valence-electron chi connectivity index (χ2n) is 5.94. The van der Waals surface area contributed by atoms with Gasteiger partial charge < -0.3 is 4.74 Å². The van der Waals surface area contributed by atoms with Crippen molar-refractivity contribution in [3.05, 3.63) is 95.3 Å². The molecule has 3 aromatic rings. The number of benzene rings is 3. The van der Waals surface area contributed by atoms with Gasteiger partial charge in [-0.05, 0) is 48.4 Å². The SMILES string of the molecule is C=Cc1ccc(C#Cc2ccc(-c3ccc(OCC)c(F)c3)cc2)c(F)c1F. The van der Waals surface area contributed by atoms with Gasteiger partial charge in [-0.3, -0.25) is 0 Å². The second kappa shape index (κ2) is 8.49. The third-order valence-corrected chi connectivity index (χ3v) is 4.12. The van der Waals surface area contributed by atoms with Crippen LogP contribution in [0.3, 0.4) is 0 Å². The van der Waals surface area contributed by atoms with Crippen LogP contribution < -0.4 is 4.74 Å². The molecule has 140 valence electrons. The van der Waals surface area contributed by atoms with E-state index in [2.05, 4.69) is 18.4 Å². The average Bonchev–Trinajstić information content (AvgIpc) is 2.71. The monoisotopic (exact) mass is 378 g/mol. The first-order chi connectivity index (χ1) is 13.5. The summed E-state index contributed by atoms with van der Waals surface area (Å²) in [4.78, 5) is 0. The highest BCUT2D eigenvalue weighted by molar-refractivity contribution is 5.65. The Bertz CT molecular complexity index is 1070. The topological polar surface area (TPSA) is 9.23 Å². The molecule has 1 nitrogen and oxygen atoms in total. The highest BCUT2D eigenvalue weighted by Crippen LogP contribution is 2.26. The molecule has 0 unspecified atom stereocenters. The zero-order valence-corrected chi connectivity index (χ0v) is 15.2. The van der Waals surface area contributed by atoms with E-state index in [0.717, 1.165) is 5.56 Å². The van der Waals surface area contributed by atoms with E-state index in [1.165, 1.54) is 24.3 Å². The van der Waals surface area contributed by atoms with Gasteiger partial charge in [0.15, 0.2) is 23.2 Å². The van der Waals surface area contributed by atoms with Crippen molar-refractivity contribution in [2.75, 3.05) is 6.61 Å². The number of hydrogen-bond acceptors (Lipinski definition) is 1. The predicted octanol–water partition coefficient (Wildman–Crippen LogP) is 6.21. The molecule has 0 aliphatic heterocycles. The van der Waals surface area contributed by atoms with Crippen LogP contribution in [0.15, 0.2) is 61.2 Å². The molecule has 0 atom stereocenters. The Morgan fingerprint density at radius 2 is 1.61 bits per heavy atom. The van der Waals surface area contributed by atoms with E-state index >= 15 is 0 Å². The van der Waals surface area contributed by atoms with Crippen molar-refractivity contribution < 1.29 is 17.9 Å². The van der Waals surface area contributed by atoms with E-state index in [9.17, 15) is 13.2 Å². The first kappa shape index (κ1) is 19.3. The maximum atomic E-state index is 14.0. The fourth-order valence-corrected chi connectivity index (χ4v) is 2.66. The lowest BCUT2D eigenvalue weighted by atomic mass is 10.0. The summed E-state index contributed by atoms with van der Waals surface area (Å²) in [5.74, 6) is 3.27. The molecule has 0 heterocycles. The number of halogens is 3. The fraction of sp³-hybridized carbons (Fsp3) is 0.0833. The van der Waals surface area contributed by atoms with Crippen LogP contribution in [-0.2, 0) is 0 Å². The van der Waals surface area contributed by atoms with Gasteiger partial charge in [0.2, 0.25) is 0 Å². The minimum atomic E-state index is -0.994. The van der Waals surface area contributed by atoms with Gasteiger partial charge in [0.1, 0.15) is 0 Å². The lowest BCUT2D eigenvalue weighted by Crippen LogP contribution is -1.94. The summed E-state index contributed by atoms with van der Waals surface area (Å²) in [5, 5.41) is 0. The molecule has 28 heavy (non-hydrogen) atoms. The maximum absolute atomic E-state index is 14.0. The summed E-state index contributed by atoms with van der Waals surface area (Å²) in [6.07, 6.45) is 1.25. The highest BCUT2D eigenvalue weighted by atomic mass is 19.2. The Labute approximate surface area is 162 Å². The van der Waals surface area contributed by atoms with Crippen LogP contribution in [-0.4, -0.2) is 6.61 Å². The number of ether oxygens (including phenoxy) is 1. The van der Waals surface area contributed by atoms with Crippen LogP contribution in [0.2, 0.25) is 0 Å². The molecule has 3 rings (SSSR count). The summed E-state index contributed by atoms with van der Waals surface area (Å²) in [6.45, 7) is 5.62. The molecule has 0 radical (unpaired) electrons. The molecule has 0 saturated carbocycles. The molecule has 0 N–H and O–H groups in total. The van der Waals surface area contributed by atoms with Crippen molar-refractivity contribution in [1.29, 1.82) is 0 Å². The number of rotatable bonds is 4. The summed E-state index contributed by atoms with van der Waals surface area (Å²) in [5.41, 5.74) is 2.20. The van der Waals surface area contributed by atoms with Crippen molar-refractivity contribution in [3.63, 3.8) is 0 Å². The van der Waals surface area contributed by atoms with Gasteiger partial charge >= 0.3 is 0 Å². The van der Waals surface area contributed by atoms with Gasteiger partial charge in [0.05, 0.1) is 12.2 Å². The van der Waals surface area contributed by atoms with Crippen LogP contribution in [0.25, 0.3) is 17.2 Å². The fourth-order valence-electron chi connectivity index (χ4n) is 2.66. The highest BCUT2D eigenvalue weighted by Gasteiger charge is 2.10. The third-order valence-electron chi connectivity index (χ3n) is 4.12. The van der Waals surface area contributed by atoms with Gasteiger partial charge in [-0.2, -0.15) is 0 Å². The molecular formula is C24H17F3O. The summed E-state index contributed by atoms with van der Waals surface area (Å²) in [6, 6.07) is 14.7. The molecule has 0 spiro atoms. The lowest BCUT2D eigenvalue weighted by Gasteiger charge is -2.07. The van der Waals surface area contributed by atoms with Crippen LogP contribution in [0.5, 0.6) is 5.75 Å². The van der Waals surface area contributed by atoms with Crippen molar-refractivity contribution in [3.8, 4) is 28.7 Å². The van der Waals surface area contributed by atoms with Crippen molar-refractivity contribution in [2.24, 2.45) is 0 Å². The van der Waals surface area contributed by atoms with E-state index in [0.29, 0.717) is 17.7 Å². The maximum Gasteiger partial charge on any atom is 0.175 e. The molecule has 0 amide bonds. The third kappa shape index (κ3) is 4.10. The first-order valence-electron chi connectivity index (χ1n) is 8.68. The van der Waals surface area contributed by atoms with Gasteiger partial charge in [0, 0.05) is 11.1 Å². The molecule has 0 aliphatic carbocycles. The van der Waals surface area contributed by atoms with E-state index in [1.54, 1.807) is 43.3 Å². The van der Waals surface area contributed by atoms with Gasteiger partial charge in [-0.25, -0.2) is 13.2 Å². The molecule has 0 aliphatic rings. The predicted molar refractivity (Wildman–Crippen MR) is 105 cm³/mol. The minimum Gasteiger partial charge on any atom is -0.491 e. The molecule has 3 aromatic carbocycles. The van der Waals surface area contributed by atoms with Crippen LogP contribution in [0.1, 0.15) is 23.6 Å². The molecule has 4 heteroatoms. The molecule has 0 fully saturated rings. The van der Waals surface area contributed by atoms with E-state index < -0.39 is 17.5 Å². The lowest BCUT2D eigenvalue weighted by molar-refractivity contribution is 0.321. The summed E-state index contributed by atoms with van der Waals surface area (Å²) in [7, 11) is 0. The quantitative estimate of drug-likeness (QED) is 0.490. The Kier molecular flexibility index (Phi) is 5.86. The first-order valence-corrected chi connectivity index (χ1v) is 8.68. The smallest absolute Gasteiger partial charge is 0.175 e. The molecular weight excluding hydrogens is 361 g/mol. The number of hydrogen-bond donors (Lipinski definition) is 0. The van der Waals surface area contributed by atoms with Gasteiger partial charge in [0.25, 0.3) is 0 Å². The van der Waals surface area contributed by atoms with Gasteiger partial charge in [-0.1, -0.05) is 48.8 Å². The van der Waals surface area contributed by atoms with Gasteiger partial charge in [-0.15, -0.1) is 0 Å². The van der Waals surface area contributed by atoms with E-state index in [1.807, 2.05) is 0 Å². The van der Waals surface area contributed by atoms with Crippen LogP contribution in [0, 0.1) is 29.3 Å². The van der Waals surface area contributed by atoms with Crippen molar-refractivity contribution in [1.82, 2.24) is 0 Å². The standard InChI is InChI=1S/C24H17F3O/c1-3-17-11-12-19(24(27)23(17)26)10-7-16-5-8-18(9-6-16)20-13-14-22(28-4-2)21(25)15-20/h3,5-6,8-9,11-15H,1,4H2,2H3. The molecule has 0 bridgehead atoms. The normalized spacial score (nSPS) is 10.1. The molecule has 0 aromatic heterocycles. The Morgan fingerprint density at radius 3 is 2.25 bits per heavy atom. The Hall–Kier alpha value is -3.45. The largest absolute Gasteiger partial charge is 0.491 e. The van der Waals surface area contributed by atoms with Crippen LogP contribution in [0.4, 0.5) is 13.2 Å². The molecule has 0 saturated heterocycles. The van der Waals surface area contributed by atoms with Crippen LogP contribution >= 0.6 is 0 Å². The minimum absolute atomic E-state index is 0.0271.